The van der Waals surface area contributed by atoms with Gasteiger partial charge in [-0.15, -0.1) is 0 Å². The maximum atomic E-state index is 11.1. The summed E-state index contributed by atoms with van der Waals surface area (Å²) in [6, 6.07) is 18.7. The second-order valence-corrected chi connectivity index (χ2v) is 7.61. The number of benzene rings is 3. The molecule has 0 radical (unpaired) electrons. The first-order chi connectivity index (χ1) is 14.0. The molecule has 0 aliphatic carbocycles. The third kappa shape index (κ3) is 4.96. The number of nitrogens with zero attached hydrogens (tertiary/aromatic N) is 1. The van der Waals surface area contributed by atoms with Crippen LogP contribution >= 0.6 is 0 Å². The minimum absolute atomic E-state index is 0.133. The van der Waals surface area contributed by atoms with Crippen LogP contribution in [0.15, 0.2) is 54.6 Å². The lowest BCUT2D eigenvalue weighted by Crippen LogP contribution is -2.13. The highest BCUT2D eigenvalue weighted by Gasteiger charge is 2.15. The van der Waals surface area contributed by atoms with Gasteiger partial charge in [0.1, 0.15) is 5.75 Å². The second-order valence-electron chi connectivity index (χ2n) is 7.61. The van der Waals surface area contributed by atoms with Gasteiger partial charge in [0, 0.05) is 12.0 Å². The minimum atomic E-state index is -0.772. The molecule has 0 saturated carbocycles. The molecule has 0 spiro atoms. The summed E-state index contributed by atoms with van der Waals surface area (Å²) in [4.78, 5) is 13.3. The predicted molar refractivity (Wildman–Crippen MR) is 119 cm³/mol. The van der Waals surface area contributed by atoms with Crippen LogP contribution in [0.3, 0.4) is 0 Å². The van der Waals surface area contributed by atoms with Crippen molar-refractivity contribution >= 4 is 16.7 Å². The Labute approximate surface area is 172 Å². The third-order valence-corrected chi connectivity index (χ3v) is 5.27. The van der Waals surface area contributed by atoms with Crippen LogP contribution in [-0.2, 0) is 17.6 Å². The van der Waals surface area contributed by atoms with Crippen LogP contribution in [0.25, 0.3) is 21.9 Å². The summed E-state index contributed by atoms with van der Waals surface area (Å²) >= 11 is 0. The Hall–Kier alpha value is -2.85. The molecule has 4 nitrogen and oxygen atoms in total. The van der Waals surface area contributed by atoms with E-state index in [1.54, 1.807) is 7.11 Å². The van der Waals surface area contributed by atoms with Crippen molar-refractivity contribution < 1.29 is 14.6 Å². The van der Waals surface area contributed by atoms with Gasteiger partial charge in [-0.3, -0.25) is 4.79 Å². The lowest BCUT2D eigenvalue weighted by Gasteiger charge is -2.18. The van der Waals surface area contributed by atoms with E-state index < -0.39 is 5.97 Å². The van der Waals surface area contributed by atoms with E-state index in [1.807, 2.05) is 18.2 Å². The topological polar surface area (TPSA) is 49.8 Å². The average Bonchev–Trinajstić information content (AvgIpc) is 2.71. The van der Waals surface area contributed by atoms with Crippen LogP contribution < -0.4 is 4.74 Å². The maximum Gasteiger partial charge on any atom is 0.303 e. The first-order valence-electron chi connectivity index (χ1n) is 10.0. The van der Waals surface area contributed by atoms with E-state index in [4.69, 9.17) is 9.84 Å². The Morgan fingerprint density at radius 1 is 0.931 bits per heavy atom. The van der Waals surface area contributed by atoms with E-state index in [9.17, 15) is 4.79 Å². The van der Waals surface area contributed by atoms with Gasteiger partial charge in [-0.25, -0.2) is 0 Å². The molecule has 0 atom stereocenters. The largest absolute Gasteiger partial charge is 0.496 e. The van der Waals surface area contributed by atoms with E-state index in [2.05, 4.69) is 55.4 Å². The molecule has 0 saturated heterocycles. The van der Waals surface area contributed by atoms with Gasteiger partial charge >= 0.3 is 5.97 Å². The zero-order valence-corrected chi connectivity index (χ0v) is 17.4. The fraction of sp³-hybridized carbons (Fsp3) is 0.320. The van der Waals surface area contributed by atoms with Gasteiger partial charge in [-0.2, -0.15) is 0 Å². The number of hydrogen-bond donors (Lipinski definition) is 1. The first kappa shape index (κ1) is 20.9. The molecule has 4 heteroatoms. The summed E-state index contributed by atoms with van der Waals surface area (Å²) < 4.78 is 5.74. The second kappa shape index (κ2) is 9.57. The van der Waals surface area contributed by atoms with Crippen LogP contribution in [0, 0.1) is 0 Å². The number of carboxylic acid groups (broad SMARTS) is 1. The van der Waals surface area contributed by atoms with E-state index in [-0.39, 0.29) is 6.42 Å². The van der Waals surface area contributed by atoms with E-state index in [1.165, 1.54) is 5.56 Å². The number of aryl methyl sites for hydroxylation is 2. The van der Waals surface area contributed by atoms with Crippen LogP contribution in [-0.4, -0.2) is 43.7 Å². The van der Waals surface area contributed by atoms with Gasteiger partial charge in [0.25, 0.3) is 0 Å². The molecule has 0 aromatic heterocycles. The van der Waals surface area contributed by atoms with Crippen molar-refractivity contribution in [3.05, 3.63) is 65.7 Å². The molecule has 0 unspecified atom stereocenters. The fourth-order valence-electron chi connectivity index (χ4n) is 3.90. The average molecular weight is 392 g/mol. The monoisotopic (exact) mass is 391 g/mol. The summed E-state index contributed by atoms with van der Waals surface area (Å²) in [5, 5.41) is 11.3. The number of carbonyl (C=O) groups is 1. The smallest absolute Gasteiger partial charge is 0.303 e. The summed E-state index contributed by atoms with van der Waals surface area (Å²) in [5.41, 5.74) is 4.61. The molecule has 0 aliphatic heterocycles. The normalized spacial score (nSPS) is 11.2. The number of rotatable bonds is 9. The highest BCUT2D eigenvalue weighted by molar-refractivity contribution is 6.00. The van der Waals surface area contributed by atoms with Gasteiger partial charge in [0.2, 0.25) is 0 Å². The summed E-state index contributed by atoms with van der Waals surface area (Å²) in [7, 11) is 5.90. The number of ether oxygens (including phenoxy) is 1. The van der Waals surface area contributed by atoms with Gasteiger partial charge in [-0.1, -0.05) is 48.5 Å². The Kier molecular flexibility index (Phi) is 6.89. The SMILES string of the molecule is COc1cccc(CCCN(C)C)c1-c1cccc2c(CCC(=O)O)cccc12. The van der Waals surface area contributed by atoms with Crippen LogP contribution in [0.4, 0.5) is 0 Å². The van der Waals surface area contributed by atoms with E-state index in [0.29, 0.717) is 6.42 Å². The first-order valence-corrected chi connectivity index (χ1v) is 10.0. The summed E-state index contributed by atoms with van der Waals surface area (Å²) in [6.07, 6.45) is 2.70. The predicted octanol–water partition coefficient (Wildman–Crippen LogP) is 5.03. The molecule has 0 heterocycles. The van der Waals surface area contributed by atoms with Gasteiger partial charge in [0.05, 0.1) is 7.11 Å². The van der Waals surface area contributed by atoms with Crippen molar-refractivity contribution in [1.29, 1.82) is 0 Å². The van der Waals surface area contributed by atoms with Crippen LogP contribution in [0.1, 0.15) is 24.0 Å². The molecule has 0 aliphatic rings. The number of methoxy groups -OCH3 is 1. The molecule has 29 heavy (non-hydrogen) atoms. The van der Waals surface area contributed by atoms with Gasteiger partial charge in [-0.05, 0) is 73.4 Å². The molecule has 0 fully saturated rings. The molecule has 3 rings (SSSR count). The van der Waals surface area contributed by atoms with Crippen molar-refractivity contribution in [1.82, 2.24) is 4.90 Å². The Morgan fingerprint density at radius 2 is 1.62 bits per heavy atom. The standard InChI is InChI=1S/C25H29NO3/c1-26(2)17-7-10-19-9-5-14-23(29-3)25(19)22-13-6-11-20-18(15-16-24(27)28)8-4-12-21(20)22/h4-6,8-9,11-14H,7,10,15-17H2,1-3H3,(H,27,28). The number of aliphatic carboxylic acids is 1. The van der Waals surface area contributed by atoms with E-state index >= 15 is 0 Å². The Balaban J connectivity index is 2.10. The Bertz CT molecular complexity index is 995. The molecule has 3 aromatic rings. The van der Waals surface area contributed by atoms with Crippen molar-refractivity contribution in [2.24, 2.45) is 0 Å². The van der Waals surface area contributed by atoms with Gasteiger partial charge < -0.3 is 14.7 Å². The Morgan fingerprint density at radius 3 is 2.34 bits per heavy atom. The van der Waals surface area contributed by atoms with Crippen molar-refractivity contribution in [3.8, 4) is 16.9 Å². The molecule has 1 N–H and O–H groups in total. The number of carboxylic acids is 1. The van der Waals surface area contributed by atoms with Crippen molar-refractivity contribution in [2.75, 3.05) is 27.7 Å². The summed E-state index contributed by atoms with van der Waals surface area (Å²) in [6.45, 7) is 1.03. The minimum Gasteiger partial charge on any atom is -0.496 e. The van der Waals surface area contributed by atoms with Crippen LogP contribution in [0.5, 0.6) is 5.75 Å². The molecule has 3 aromatic carbocycles. The van der Waals surface area contributed by atoms with Gasteiger partial charge in [0.15, 0.2) is 0 Å². The maximum absolute atomic E-state index is 11.1. The zero-order valence-electron chi connectivity index (χ0n) is 17.4. The lowest BCUT2D eigenvalue weighted by molar-refractivity contribution is -0.136. The highest BCUT2D eigenvalue weighted by Crippen LogP contribution is 2.39. The molecule has 0 bridgehead atoms. The molecular weight excluding hydrogens is 362 g/mol. The number of hydrogen-bond acceptors (Lipinski definition) is 3. The summed E-state index contributed by atoms with van der Waals surface area (Å²) in [5.74, 6) is 0.0989. The quantitative estimate of drug-likeness (QED) is 0.556. The molecule has 152 valence electrons. The molecule has 0 amide bonds. The van der Waals surface area contributed by atoms with E-state index in [0.717, 1.165) is 52.6 Å². The molecular formula is C25H29NO3. The zero-order chi connectivity index (χ0) is 20.8. The van der Waals surface area contributed by atoms with Crippen molar-refractivity contribution in [3.63, 3.8) is 0 Å². The third-order valence-electron chi connectivity index (χ3n) is 5.27. The van der Waals surface area contributed by atoms with Crippen molar-refractivity contribution in [2.45, 2.75) is 25.7 Å². The highest BCUT2D eigenvalue weighted by atomic mass is 16.5. The van der Waals surface area contributed by atoms with Crippen LogP contribution in [0.2, 0.25) is 0 Å². The fourth-order valence-corrected chi connectivity index (χ4v) is 3.90. The number of fused-ring (bicyclic) bond motifs is 1. The lowest BCUT2D eigenvalue weighted by atomic mass is 9.90.